The molecule has 0 bridgehead atoms. The van der Waals surface area contributed by atoms with Crippen molar-refractivity contribution in [3.8, 4) is 5.75 Å². The SMILES string of the molecule is CCc1ccc(N=C2S/C(=C/c3cc([N+](=O)[O-])cc(Br)c3O)C(=O)N2c2ccc(CC)cc2)cc1. The first kappa shape index (κ1) is 24.7. The van der Waals surface area contributed by atoms with Crippen LogP contribution in [0.5, 0.6) is 5.75 Å². The van der Waals surface area contributed by atoms with Crippen molar-refractivity contribution < 1.29 is 14.8 Å². The fraction of sp³-hybridized carbons (Fsp3) is 0.154. The first-order chi connectivity index (χ1) is 16.8. The Morgan fingerprint density at radius 2 is 1.66 bits per heavy atom. The second-order valence-corrected chi connectivity index (χ2v) is 9.67. The largest absolute Gasteiger partial charge is 0.506 e. The number of thioether (sulfide) groups is 1. The third kappa shape index (κ3) is 5.31. The molecule has 1 saturated heterocycles. The van der Waals surface area contributed by atoms with Crippen LogP contribution in [0, 0.1) is 10.1 Å². The van der Waals surface area contributed by atoms with Crippen molar-refractivity contribution in [1.82, 2.24) is 0 Å². The van der Waals surface area contributed by atoms with Crippen molar-refractivity contribution in [2.45, 2.75) is 26.7 Å². The standard InChI is InChI=1S/C26H22BrN3O4S/c1-3-16-5-9-19(10-6-16)28-26-29(20-11-7-17(4-2)8-12-20)25(32)23(35-26)14-18-13-21(30(33)34)15-22(27)24(18)31/h5-15,31H,3-4H2,1-2H3/b23-14+,28-26?. The number of amides is 1. The lowest BCUT2D eigenvalue weighted by Crippen LogP contribution is -2.28. The number of nitro benzene ring substituents is 1. The number of carbonyl (C=O) groups excluding carboxylic acids is 1. The van der Waals surface area contributed by atoms with Gasteiger partial charge in [-0.3, -0.25) is 19.8 Å². The predicted octanol–water partition coefficient (Wildman–Crippen LogP) is 7.00. The maximum atomic E-state index is 13.5. The van der Waals surface area contributed by atoms with Crippen molar-refractivity contribution in [1.29, 1.82) is 0 Å². The van der Waals surface area contributed by atoms with E-state index in [1.165, 1.54) is 28.7 Å². The van der Waals surface area contributed by atoms with Crippen molar-refractivity contribution in [3.63, 3.8) is 0 Å². The molecule has 1 heterocycles. The molecule has 0 radical (unpaired) electrons. The normalized spacial score (nSPS) is 15.9. The van der Waals surface area contributed by atoms with Gasteiger partial charge in [0.25, 0.3) is 11.6 Å². The van der Waals surface area contributed by atoms with Gasteiger partial charge >= 0.3 is 0 Å². The van der Waals surface area contributed by atoms with Gasteiger partial charge < -0.3 is 5.11 Å². The van der Waals surface area contributed by atoms with E-state index in [1.807, 2.05) is 48.5 Å². The molecule has 0 saturated carbocycles. The summed E-state index contributed by atoms with van der Waals surface area (Å²) in [6.07, 6.45) is 3.24. The van der Waals surface area contributed by atoms with Crippen molar-refractivity contribution in [2.24, 2.45) is 4.99 Å². The lowest BCUT2D eigenvalue weighted by atomic mass is 10.1. The maximum Gasteiger partial charge on any atom is 0.271 e. The van der Waals surface area contributed by atoms with Gasteiger partial charge in [-0.05, 0) is 82.0 Å². The summed E-state index contributed by atoms with van der Waals surface area (Å²) in [5.41, 5.74) is 3.66. The molecule has 178 valence electrons. The van der Waals surface area contributed by atoms with Gasteiger partial charge in [0.2, 0.25) is 0 Å². The summed E-state index contributed by atoms with van der Waals surface area (Å²) in [5.74, 6) is -0.513. The van der Waals surface area contributed by atoms with Gasteiger partial charge in [-0.1, -0.05) is 38.1 Å². The number of benzene rings is 3. The fourth-order valence-electron chi connectivity index (χ4n) is 3.54. The molecule has 7 nitrogen and oxygen atoms in total. The molecule has 0 aromatic heterocycles. The van der Waals surface area contributed by atoms with Crippen LogP contribution < -0.4 is 4.90 Å². The van der Waals surface area contributed by atoms with E-state index in [0.717, 1.165) is 30.2 Å². The van der Waals surface area contributed by atoms with Gasteiger partial charge in [0, 0.05) is 17.7 Å². The molecule has 0 aliphatic carbocycles. The van der Waals surface area contributed by atoms with Crippen molar-refractivity contribution >= 4 is 61.9 Å². The highest BCUT2D eigenvalue weighted by atomic mass is 79.9. The summed E-state index contributed by atoms with van der Waals surface area (Å²) in [6, 6.07) is 17.9. The van der Waals surface area contributed by atoms with Crippen LogP contribution in [0.3, 0.4) is 0 Å². The van der Waals surface area contributed by atoms with Crippen LogP contribution in [0.4, 0.5) is 17.1 Å². The second kappa shape index (κ2) is 10.5. The van der Waals surface area contributed by atoms with Gasteiger partial charge in [0.1, 0.15) is 5.75 Å². The maximum absolute atomic E-state index is 13.5. The van der Waals surface area contributed by atoms with Crippen LogP contribution in [0.15, 0.2) is 75.0 Å². The third-order valence-corrected chi connectivity index (χ3v) is 7.13. The average Bonchev–Trinajstić information content (AvgIpc) is 3.16. The van der Waals surface area contributed by atoms with E-state index in [1.54, 1.807) is 0 Å². The molecular weight excluding hydrogens is 530 g/mol. The van der Waals surface area contributed by atoms with Gasteiger partial charge in [0.05, 0.1) is 25.7 Å². The van der Waals surface area contributed by atoms with Crippen LogP contribution in [-0.4, -0.2) is 21.1 Å². The van der Waals surface area contributed by atoms with Gasteiger partial charge in [-0.15, -0.1) is 0 Å². The number of anilines is 1. The first-order valence-corrected chi connectivity index (χ1v) is 12.6. The highest BCUT2D eigenvalue weighted by Crippen LogP contribution is 2.40. The monoisotopic (exact) mass is 551 g/mol. The summed E-state index contributed by atoms with van der Waals surface area (Å²) in [5, 5.41) is 22.2. The number of nitro groups is 1. The number of aromatic hydroxyl groups is 1. The van der Waals surface area contributed by atoms with E-state index in [2.05, 4.69) is 29.8 Å². The quantitative estimate of drug-likeness (QED) is 0.202. The fourth-order valence-corrected chi connectivity index (χ4v) is 4.99. The van der Waals surface area contributed by atoms with Crippen LogP contribution in [-0.2, 0) is 17.6 Å². The van der Waals surface area contributed by atoms with Crippen LogP contribution in [0.2, 0.25) is 0 Å². The van der Waals surface area contributed by atoms with Gasteiger partial charge in [-0.25, -0.2) is 4.99 Å². The molecule has 1 fully saturated rings. The van der Waals surface area contributed by atoms with E-state index in [0.29, 0.717) is 16.5 Å². The summed E-state index contributed by atoms with van der Waals surface area (Å²) >= 11 is 4.30. The van der Waals surface area contributed by atoms with Gasteiger partial charge in [-0.2, -0.15) is 0 Å². The lowest BCUT2D eigenvalue weighted by molar-refractivity contribution is -0.385. The highest BCUT2D eigenvalue weighted by molar-refractivity contribution is 9.10. The third-order valence-electron chi connectivity index (χ3n) is 5.55. The molecular formula is C26H22BrN3O4S. The Morgan fingerprint density at radius 3 is 2.23 bits per heavy atom. The molecule has 9 heteroatoms. The molecule has 1 aliphatic heterocycles. The van der Waals surface area contributed by atoms with Crippen LogP contribution in [0.1, 0.15) is 30.5 Å². The first-order valence-electron chi connectivity index (χ1n) is 11.0. The Balaban J connectivity index is 1.80. The summed E-state index contributed by atoms with van der Waals surface area (Å²) in [7, 11) is 0. The van der Waals surface area contributed by atoms with Crippen molar-refractivity contribution in [3.05, 3.63) is 96.8 Å². The lowest BCUT2D eigenvalue weighted by Gasteiger charge is -2.16. The number of non-ortho nitro benzene ring substituents is 1. The molecule has 3 aromatic rings. The van der Waals surface area contributed by atoms with E-state index in [-0.39, 0.29) is 32.3 Å². The molecule has 1 N–H and O–H groups in total. The highest BCUT2D eigenvalue weighted by Gasteiger charge is 2.35. The Hall–Kier alpha value is -3.43. The number of phenols is 1. The number of nitrogens with zero attached hydrogens (tertiary/aromatic N) is 3. The van der Waals surface area contributed by atoms with E-state index in [4.69, 9.17) is 4.99 Å². The molecule has 0 unspecified atom stereocenters. The molecule has 1 amide bonds. The summed E-state index contributed by atoms with van der Waals surface area (Å²) in [6.45, 7) is 4.13. The number of aryl methyl sites for hydroxylation is 2. The molecule has 35 heavy (non-hydrogen) atoms. The van der Waals surface area contributed by atoms with E-state index >= 15 is 0 Å². The Bertz CT molecular complexity index is 1350. The molecule has 4 rings (SSSR count). The second-order valence-electron chi connectivity index (χ2n) is 7.81. The smallest absolute Gasteiger partial charge is 0.271 e. The van der Waals surface area contributed by atoms with E-state index in [9.17, 15) is 20.0 Å². The Labute approximate surface area is 215 Å². The molecule has 1 aliphatic rings. The topological polar surface area (TPSA) is 96.0 Å². The zero-order chi connectivity index (χ0) is 25.1. The molecule has 3 aromatic carbocycles. The Morgan fingerprint density at radius 1 is 1.06 bits per heavy atom. The number of aliphatic imine (C=N–C) groups is 1. The minimum atomic E-state index is -0.551. The molecule has 0 spiro atoms. The van der Waals surface area contributed by atoms with Crippen LogP contribution >= 0.6 is 27.7 Å². The number of hydrogen-bond donors (Lipinski definition) is 1. The number of rotatable bonds is 6. The number of hydrogen-bond acceptors (Lipinski definition) is 6. The average molecular weight is 552 g/mol. The van der Waals surface area contributed by atoms with Gasteiger partial charge in [0.15, 0.2) is 5.17 Å². The minimum absolute atomic E-state index is 0.164. The summed E-state index contributed by atoms with van der Waals surface area (Å²) < 4.78 is 0.172. The van der Waals surface area contributed by atoms with E-state index < -0.39 is 4.92 Å². The van der Waals surface area contributed by atoms with Crippen molar-refractivity contribution in [2.75, 3.05) is 4.90 Å². The minimum Gasteiger partial charge on any atom is -0.506 e. The number of amidine groups is 1. The Kier molecular flexibility index (Phi) is 7.37. The summed E-state index contributed by atoms with van der Waals surface area (Å²) in [4.78, 5) is 30.8. The zero-order valence-electron chi connectivity index (χ0n) is 19.1. The number of halogens is 1. The van der Waals surface area contributed by atoms with Crippen LogP contribution in [0.25, 0.3) is 6.08 Å². The zero-order valence-corrected chi connectivity index (χ0v) is 21.5. The predicted molar refractivity (Wildman–Crippen MR) is 144 cm³/mol. The number of carbonyl (C=O) groups is 1. The molecule has 0 atom stereocenters. The number of phenolic OH excluding ortho intramolecular Hbond substituents is 1.